The topological polar surface area (TPSA) is 167 Å². The molecule has 6 rings (SSSR count). The van der Waals surface area contributed by atoms with Crippen LogP contribution in [0, 0.1) is 34.5 Å². The summed E-state index contributed by atoms with van der Waals surface area (Å²) >= 11 is 0. The van der Waals surface area contributed by atoms with E-state index < -0.39 is 88.0 Å². The number of fused-ring (bicyclic) bond motifs is 4. The average molecular weight is 740 g/mol. The fraction of sp³-hybridized carbons (Fsp3) is 0.732. The van der Waals surface area contributed by atoms with Gasteiger partial charge in [0.2, 0.25) is 0 Å². The normalized spacial score (nSPS) is 40.3. The Morgan fingerprint density at radius 2 is 1.75 bits per heavy atom. The molecule has 12 heteroatoms. The molecule has 0 radical (unpaired) electrons. The van der Waals surface area contributed by atoms with Gasteiger partial charge >= 0.3 is 24.0 Å². The summed E-state index contributed by atoms with van der Waals surface area (Å²) in [6, 6.07) is -1.01. The Morgan fingerprint density at radius 1 is 1.08 bits per heavy atom. The van der Waals surface area contributed by atoms with Crippen LogP contribution in [0.4, 0.5) is 4.79 Å². The molecule has 4 aliphatic carbocycles. The first kappa shape index (κ1) is 39.2. The predicted molar refractivity (Wildman–Crippen MR) is 192 cm³/mol. The Bertz CT molecular complexity index is 1690. The molecule has 13 atom stereocenters. The molecule has 2 N–H and O–H groups in total. The molecule has 12 nitrogen and oxygen atoms in total. The largest absolute Gasteiger partial charge is 0.458 e. The lowest BCUT2D eigenvalue weighted by molar-refractivity contribution is -0.225. The number of rotatable bonds is 8. The number of ether oxygens (including phenoxy) is 5. The van der Waals surface area contributed by atoms with Crippen molar-refractivity contribution in [1.29, 1.82) is 0 Å². The average Bonchev–Trinajstić information content (AvgIpc) is 3.76. The van der Waals surface area contributed by atoms with Crippen LogP contribution in [0.3, 0.4) is 0 Å². The smallest absolute Gasteiger partial charge is 0.408 e. The van der Waals surface area contributed by atoms with Crippen LogP contribution in [0.5, 0.6) is 0 Å². The van der Waals surface area contributed by atoms with Gasteiger partial charge in [-0.3, -0.25) is 9.59 Å². The molecule has 2 aliphatic heterocycles. The van der Waals surface area contributed by atoms with Crippen molar-refractivity contribution >= 4 is 29.8 Å². The molecule has 0 aromatic rings. The Balaban J connectivity index is 1.31. The number of nitrogens with one attached hydrogen (secondary N) is 1. The molecule has 1 saturated heterocycles. The minimum Gasteiger partial charge on any atom is -0.458 e. The van der Waals surface area contributed by atoms with Gasteiger partial charge in [-0.2, -0.15) is 0 Å². The second-order valence-electron chi connectivity index (χ2n) is 17.8. The Labute approximate surface area is 312 Å². The van der Waals surface area contributed by atoms with Gasteiger partial charge in [-0.05, 0) is 96.8 Å². The number of amides is 1. The van der Waals surface area contributed by atoms with E-state index in [-0.39, 0.29) is 23.6 Å². The second kappa shape index (κ2) is 13.1. The number of hydrogen-bond donors (Lipinski definition) is 2. The minimum absolute atomic E-state index is 0.185. The van der Waals surface area contributed by atoms with E-state index in [1.807, 2.05) is 47.6 Å². The number of hydrogen-bond acceptors (Lipinski definition) is 11. The number of esters is 3. The van der Waals surface area contributed by atoms with Crippen LogP contribution in [0.15, 0.2) is 34.9 Å². The first-order valence-electron chi connectivity index (χ1n) is 19.2. The summed E-state index contributed by atoms with van der Waals surface area (Å²) in [5.74, 6) is -3.28. The zero-order chi connectivity index (χ0) is 39.2. The minimum atomic E-state index is -1.61. The number of carbonyl (C=O) groups excluding carboxylic acids is 5. The highest BCUT2D eigenvalue weighted by molar-refractivity contribution is 5.98. The monoisotopic (exact) mass is 739 g/mol. The zero-order valence-corrected chi connectivity index (χ0v) is 33.0. The van der Waals surface area contributed by atoms with Crippen molar-refractivity contribution in [3.05, 3.63) is 34.9 Å². The van der Waals surface area contributed by atoms with Gasteiger partial charge in [0.05, 0.1) is 11.5 Å². The van der Waals surface area contributed by atoms with Crippen LogP contribution in [-0.4, -0.2) is 82.2 Å². The van der Waals surface area contributed by atoms with Crippen LogP contribution < -0.4 is 5.32 Å². The van der Waals surface area contributed by atoms with Crippen molar-refractivity contribution < 1.29 is 52.8 Å². The molecule has 1 amide bonds. The molecule has 0 aromatic carbocycles. The Morgan fingerprint density at radius 3 is 2.36 bits per heavy atom. The lowest BCUT2D eigenvalue weighted by Gasteiger charge is -2.61. The predicted octanol–water partition coefficient (Wildman–Crippen LogP) is 5.45. The van der Waals surface area contributed by atoms with Gasteiger partial charge in [0.25, 0.3) is 0 Å². The molecular formula is C41H57NO11. The number of epoxide rings is 1. The molecule has 53 heavy (non-hydrogen) atoms. The van der Waals surface area contributed by atoms with Crippen LogP contribution in [-0.2, 0) is 42.9 Å². The molecule has 3 fully saturated rings. The van der Waals surface area contributed by atoms with Gasteiger partial charge < -0.3 is 34.1 Å². The molecule has 0 aromatic heterocycles. The van der Waals surface area contributed by atoms with E-state index in [4.69, 9.17) is 23.7 Å². The molecule has 2 saturated carbocycles. The summed E-state index contributed by atoms with van der Waals surface area (Å²) in [7, 11) is 0. The van der Waals surface area contributed by atoms with E-state index in [0.717, 1.165) is 11.1 Å². The number of carbonyl (C=O) groups is 5. The van der Waals surface area contributed by atoms with Gasteiger partial charge in [0.1, 0.15) is 35.1 Å². The number of alkyl carbamates (subject to hydrolysis) is 1. The number of aliphatic hydroxyl groups is 1. The van der Waals surface area contributed by atoms with E-state index >= 15 is 0 Å². The maximum atomic E-state index is 14.2. The molecular weight excluding hydrogens is 682 g/mol. The first-order chi connectivity index (χ1) is 24.6. The van der Waals surface area contributed by atoms with Crippen LogP contribution in [0.1, 0.15) is 108 Å². The van der Waals surface area contributed by atoms with E-state index in [1.54, 1.807) is 33.8 Å². The van der Waals surface area contributed by atoms with E-state index in [0.29, 0.717) is 37.7 Å². The lowest BCUT2D eigenvalue weighted by Crippen LogP contribution is -2.70. The van der Waals surface area contributed by atoms with Gasteiger partial charge in [-0.1, -0.05) is 45.3 Å². The van der Waals surface area contributed by atoms with Crippen LogP contribution in [0.2, 0.25) is 0 Å². The van der Waals surface area contributed by atoms with Crippen molar-refractivity contribution in [1.82, 2.24) is 5.32 Å². The fourth-order valence-electron chi connectivity index (χ4n) is 10.5. The molecule has 6 aliphatic rings. The van der Waals surface area contributed by atoms with Gasteiger partial charge in [0, 0.05) is 30.3 Å². The summed E-state index contributed by atoms with van der Waals surface area (Å²) in [5.41, 5.74) is -3.22. The molecule has 2 unspecified atom stereocenters. The van der Waals surface area contributed by atoms with Crippen molar-refractivity contribution in [2.45, 2.75) is 156 Å². The Kier molecular flexibility index (Phi) is 9.66. The van der Waals surface area contributed by atoms with E-state index in [2.05, 4.69) is 5.32 Å². The van der Waals surface area contributed by atoms with Gasteiger partial charge in [-0.15, -0.1) is 0 Å². The van der Waals surface area contributed by atoms with Gasteiger partial charge in [-0.25, -0.2) is 14.4 Å². The highest BCUT2D eigenvalue weighted by Gasteiger charge is 2.83. The fourth-order valence-corrected chi connectivity index (χ4v) is 10.5. The van der Waals surface area contributed by atoms with Crippen molar-refractivity contribution in [2.24, 2.45) is 34.5 Å². The summed E-state index contributed by atoms with van der Waals surface area (Å²) < 4.78 is 30.0. The van der Waals surface area contributed by atoms with E-state index in [9.17, 15) is 29.1 Å². The van der Waals surface area contributed by atoms with Gasteiger partial charge in [0.15, 0.2) is 11.9 Å². The number of cyclic esters (lactones) is 1. The van der Waals surface area contributed by atoms with E-state index in [1.165, 1.54) is 13.0 Å². The quantitative estimate of drug-likeness (QED) is 0.141. The third-order valence-electron chi connectivity index (χ3n) is 13.9. The molecule has 1 spiro atoms. The maximum absolute atomic E-state index is 14.2. The highest BCUT2D eigenvalue weighted by Crippen LogP contribution is 2.74. The van der Waals surface area contributed by atoms with Crippen LogP contribution >= 0.6 is 0 Å². The third kappa shape index (κ3) is 5.88. The molecule has 2 heterocycles. The zero-order valence-electron chi connectivity index (χ0n) is 33.0. The maximum Gasteiger partial charge on any atom is 0.408 e. The van der Waals surface area contributed by atoms with Crippen LogP contribution in [0.25, 0.3) is 0 Å². The third-order valence-corrected chi connectivity index (χ3v) is 13.9. The Hall–Kier alpha value is -3.51. The summed E-state index contributed by atoms with van der Waals surface area (Å²) in [5, 5.41) is 15.9. The second-order valence-corrected chi connectivity index (χ2v) is 17.8. The highest BCUT2D eigenvalue weighted by atomic mass is 16.7. The number of ketones is 1. The first-order valence-corrected chi connectivity index (χ1v) is 19.2. The van der Waals surface area contributed by atoms with Crippen molar-refractivity contribution in [3.8, 4) is 0 Å². The summed E-state index contributed by atoms with van der Waals surface area (Å²) in [6.07, 6.45) is 3.64. The SMILES string of the molecule is CCC(C)C(NC(=O)OC(C)(C)C)C(=O)O[C@H]1C=CC(=O)[C@]2(C)[C@H]3CC[C@]4(C)C([C@H](C)[C@H]5CC(C)=C(C)C(=O)O5)=C[C@H](OC(C)=O)[C@@]4(O)[C@@H]3C[C@H]3O[C@]132. The summed E-state index contributed by atoms with van der Waals surface area (Å²) in [6.45, 7) is 19.8. The summed E-state index contributed by atoms with van der Waals surface area (Å²) in [4.78, 5) is 66.2. The molecule has 292 valence electrons. The lowest BCUT2D eigenvalue weighted by atomic mass is 9.42. The molecule has 0 bridgehead atoms. The standard InChI is InChI=1S/C41H57NO11/c1-12-20(2)33(42-36(47)53-37(7,8)9)35(46)51-30-14-13-29(44)39(11)25-15-16-38(10)26(23(5)28-17-21(3)22(4)34(45)50-28)18-31(49-24(6)43)40(38,48)27(25)19-32-41(30,39)52-32/h13-14,18,20,23,25,27-28,30-33,48H,12,15-17,19H2,1-11H3,(H,42,47)/t20?,23-,25-,27+,28+,30-,31-,32+,33?,38+,39-,40-,41+/m0/s1. The van der Waals surface area contributed by atoms with Crippen molar-refractivity contribution in [2.75, 3.05) is 0 Å². The number of allylic oxidation sites excluding steroid dienone is 1. The van der Waals surface area contributed by atoms with Crippen molar-refractivity contribution in [3.63, 3.8) is 0 Å².